The van der Waals surface area contributed by atoms with Crippen molar-refractivity contribution in [3.05, 3.63) is 167 Å². The smallest absolute Gasteiger partial charge is 0.330 e. The molecule has 2 unspecified atom stereocenters. The molecular weight excluding hydrogens is 809 g/mol. The molecule has 0 aliphatic heterocycles. The number of nitrogens with zero attached hydrogens (tertiary/aromatic N) is 2. The van der Waals surface area contributed by atoms with Crippen LogP contribution >= 0.6 is 0 Å². The van der Waals surface area contributed by atoms with Gasteiger partial charge in [0.25, 0.3) is 40.1 Å². The van der Waals surface area contributed by atoms with Crippen LogP contribution in [0.4, 0.5) is 0 Å². The molecule has 0 radical (unpaired) electrons. The van der Waals surface area contributed by atoms with Gasteiger partial charge < -0.3 is 4.74 Å². The second kappa shape index (κ2) is 17.3. The molecule has 0 N–H and O–H groups in total. The van der Waals surface area contributed by atoms with E-state index < -0.39 is 77.7 Å². The summed E-state index contributed by atoms with van der Waals surface area (Å²) in [6.45, 7) is 8.16. The van der Waals surface area contributed by atoms with Crippen LogP contribution in [0.1, 0.15) is 40.8 Å². The van der Waals surface area contributed by atoms with Crippen LogP contribution in [0.3, 0.4) is 0 Å². The van der Waals surface area contributed by atoms with Crippen molar-refractivity contribution in [2.75, 3.05) is 6.61 Å². The monoisotopic (exact) mass is 850 g/mol. The molecule has 0 aliphatic carbocycles. The van der Waals surface area contributed by atoms with Gasteiger partial charge >= 0.3 is 5.97 Å². The Hall–Kier alpha value is -4.97. The summed E-state index contributed by atoms with van der Waals surface area (Å²) in [4.78, 5) is 11.0. The number of carbonyl (C=O) groups excluding carboxylic acids is 1. The minimum absolute atomic E-state index is 0.0745. The van der Waals surface area contributed by atoms with Crippen LogP contribution in [0.2, 0.25) is 0 Å². The number of sulfonamides is 4. The maximum Gasteiger partial charge on any atom is 0.330 e. The number of hydrogen-bond acceptors (Lipinski definition) is 10. The molecule has 5 aromatic rings. The largest absolute Gasteiger partial charge is 0.463 e. The topological polar surface area (TPSA) is 169 Å². The molecule has 0 amide bonds. The van der Waals surface area contributed by atoms with E-state index in [0.29, 0.717) is 22.3 Å². The summed E-state index contributed by atoms with van der Waals surface area (Å²) in [6.07, 6.45) is 1.59. The molecule has 0 heterocycles. The van der Waals surface area contributed by atoms with Crippen LogP contribution in [0.15, 0.2) is 159 Å². The lowest BCUT2D eigenvalue weighted by molar-refractivity contribution is -0.137. The summed E-state index contributed by atoms with van der Waals surface area (Å²) in [5.41, 5.74) is 2.45. The molecule has 300 valence electrons. The van der Waals surface area contributed by atoms with Gasteiger partial charge in [-0.25, -0.2) is 38.5 Å². The van der Waals surface area contributed by atoms with Crippen molar-refractivity contribution >= 4 is 46.1 Å². The van der Waals surface area contributed by atoms with Crippen LogP contribution in [0.25, 0.3) is 0 Å². The number of ether oxygens (including phenoxy) is 1. The maximum absolute atomic E-state index is 15.1. The van der Waals surface area contributed by atoms with Crippen LogP contribution in [0.5, 0.6) is 0 Å². The number of hydrogen-bond donors (Lipinski definition) is 0. The van der Waals surface area contributed by atoms with Gasteiger partial charge in [0.2, 0.25) is 0 Å². The first-order valence-electron chi connectivity index (χ1n) is 17.6. The molecule has 0 fully saturated rings. The summed E-state index contributed by atoms with van der Waals surface area (Å²) in [5, 5.41) is 0. The zero-order valence-electron chi connectivity index (χ0n) is 31.8. The first kappa shape index (κ1) is 43.2. The van der Waals surface area contributed by atoms with Crippen LogP contribution < -0.4 is 0 Å². The Morgan fingerprint density at radius 2 is 0.825 bits per heavy atom. The molecule has 12 nitrogen and oxygen atoms in total. The molecule has 57 heavy (non-hydrogen) atoms. The molecule has 0 saturated carbocycles. The highest BCUT2D eigenvalue weighted by Crippen LogP contribution is 2.42. The van der Waals surface area contributed by atoms with Crippen molar-refractivity contribution in [1.29, 1.82) is 0 Å². The maximum atomic E-state index is 15.1. The summed E-state index contributed by atoms with van der Waals surface area (Å²) < 4.78 is 126. The van der Waals surface area contributed by atoms with Crippen molar-refractivity contribution in [2.24, 2.45) is 0 Å². The average Bonchev–Trinajstić information content (AvgIpc) is 3.16. The van der Waals surface area contributed by atoms with Gasteiger partial charge in [-0.3, -0.25) is 0 Å². The predicted octanol–water partition coefficient (Wildman–Crippen LogP) is 6.61. The lowest BCUT2D eigenvalue weighted by atomic mass is 10.0. The normalized spacial score (nSPS) is 13.8. The van der Waals surface area contributed by atoms with Crippen LogP contribution in [-0.2, 0) is 49.6 Å². The first-order valence-corrected chi connectivity index (χ1v) is 23.3. The van der Waals surface area contributed by atoms with Gasteiger partial charge in [0.1, 0.15) is 0 Å². The second-order valence-corrected chi connectivity index (χ2v) is 20.9. The second-order valence-electron chi connectivity index (χ2n) is 13.2. The summed E-state index contributed by atoms with van der Waals surface area (Å²) >= 11 is 0. The van der Waals surface area contributed by atoms with Gasteiger partial charge in [-0.05, 0) is 88.7 Å². The minimum Gasteiger partial charge on any atom is -0.463 e. The molecule has 2 atom stereocenters. The predicted molar refractivity (Wildman–Crippen MR) is 216 cm³/mol. The number of aryl methyl sites for hydroxylation is 4. The SMILES string of the molecule is CCOC(=O)/C=C/C(C(c1ccccc1)N(S(=O)(=O)c1ccc(C)cc1)S(=O)(=O)c1ccc(C)cc1)N(S(=O)(=O)c1ccc(C)cc1)S(=O)(=O)c1ccc(C)cc1. The van der Waals surface area contributed by atoms with Crippen molar-refractivity contribution in [2.45, 2.75) is 66.3 Å². The fourth-order valence-corrected chi connectivity index (χ4v) is 13.8. The zero-order valence-corrected chi connectivity index (χ0v) is 35.0. The highest BCUT2D eigenvalue weighted by atomic mass is 32.3. The standard InChI is InChI=1S/C41H42N2O10S4/c1-6-53-40(44)29-28-39(42(54(45,46)35-20-12-30(2)13-21-35)55(47,48)36-22-14-31(3)15-23-36)41(34-10-8-7-9-11-34)43(56(49,50)37-24-16-32(4)17-25-37)57(51,52)38-26-18-33(5)19-27-38/h7-29,39,41H,6H2,1-5H3/b29-28+. The Balaban J connectivity index is 1.99. The molecule has 0 spiro atoms. The highest BCUT2D eigenvalue weighted by Gasteiger charge is 2.52. The van der Waals surface area contributed by atoms with E-state index in [1.165, 1.54) is 128 Å². The summed E-state index contributed by atoms with van der Waals surface area (Å²) in [7, 11) is -21.1. The lowest BCUT2D eigenvalue weighted by Crippen LogP contribution is -2.53. The lowest BCUT2D eigenvalue weighted by Gasteiger charge is -2.39. The Labute approximate surface area is 335 Å². The number of benzene rings is 5. The van der Waals surface area contributed by atoms with Crippen LogP contribution in [0, 0.1) is 27.7 Å². The average molecular weight is 851 g/mol. The summed E-state index contributed by atoms with van der Waals surface area (Å²) in [5.74, 6) is -1.04. The molecule has 0 bridgehead atoms. The third-order valence-electron chi connectivity index (χ3n) is 8.87. The van der Waals surface area contributed by atoms with E-state index >= 15 is 33.7 Å². The van der Waals surface area contributed by atoms with Gasteiger partial charge in [0.15, 0.2) is 0 Å². The molecular formula is C41H42N2O10S4. The van der Waals surface area contributed by atoms with E-state index in [1.807, 2.05) is 0 Å². The molecule has 0 saturated heterocycles. The van der Waals surface area contributed by atoms with Gasteiger partial charge in [-0.1, -0.05) is 115 Å². The Bertz CT molecular complexity index is 2530. The van der Waals surface area contributed by atoms with E-state index in [9.17, 15) is 4.79 Å². The molecule has 0 aliphatic rings. The molecule has 5 rings (SSSR count). The Morgan fingerprint density at radius 1 is 0.509 bits per heavy atom. The van der Waals surface area contributed by atoms with E-state index in [4.69, 9.17) is 4.74 Å². The highest BCUT2D eigenvalue weighted by molar-refractivity contribution is 8.04. The van der Waals surface area contributed by atoms with Gasteiger partial charge in [-0.15, -0.1) is 0 Å². The summed E-state index contributed by atoms with van der Waals surface area (Å²) in [6, 6.07) is 23.7. The number of carbonyl (C=O) groups is 1. The number of rotatable bonds is 15. The van der Waals surface area contributed by atoms with Gasteiger partial charge in [-0.2, -0.15) is 0 Å². The van der Waals surface area contributed by atoms with Gasteiger partial charge in [0, 0.05) is 6.08 Å². The Kier molecular flexibility index (Phi) is 13.1. The third-order valence-corrected chi connectivity index (χ3v) is 17.5. The van der Waals surface area contributed by atoms with E-state index in [1.54, 1.807) is 33.8 Å². The Morgan fingerprint density at radius 3 is 1.14 bits per heavy atom. The van der Waals surface area contributed by atoms with Crippen molar-refractivity contribution < 1.29 is 43.2 Å². The quantitative estimate of drug-likeness (QED) is 0.0826. The van der Waals surface area contributed by atoms with E-state index in [-0.39, 0.29) is 19.6 Å². The number of esters is 1. The zero-order chi connectivity index (χ0) is 41.8. The molecule has 0 aromatic heterocycles. The van der Waals surface area contributed by atoms with Crippen molar-refractivity contribution in [3.63, 3.8) is 0 Å². The molecule has 5 aromatic carbocycles. The molecule has 16 heteroatoms. The van der Waals surface area contributed by atoms with Gasteiger partial charge in [0.05, 0.1) is 38.3 Å². The first-order chi connectivity index (χ1) is 26.8. The van der Waals surface area contributed by atoms with Crippen molar-refractivity contribution in [1.82, 2.24) is 7.42 Å². The van der Waals surface area contributed by atoms with Crippen LogP contribution in [-0.4, -0.2) is 59.7 Å². The fraction of sp³-hybridized carbons (Fsp3) is 0.195. The van der Waals surface area contributed by atoms with E-state index in [0.717, 1.165) is 12.2 Å². The fourth-order valence-electron chi connectivity index (χ4n) is 5.89. The van der Waals surface area contributed by atoms with E-state index in [2.05, 4.69) is 0 Å². The third kappa shape index (κ3) is 9.27. The minimum atomic E-state index is -5.29. The van der Waals surface area contributed by atoms with Crippen molar-refractivity contribution in [3.8, 4) is 0 Å².